The van der Waals surface area contributed by atoms with Crippen LogP contribution in [0.1, 0.15) is 29.5 Å². The molecule has 0 bridgehead atoms. The van der Waals surface area contributed by atoms with Crippen molar-refractivity contribution in [2.75, 3.05) is 38.8 Å². The maximum absolute atomic E-state index is 12.4. The summed E-state index contributed by atoms with van der Waals surface area (Å²) in [5.41, 5.74) is 5.73. The lowest BCUT2D eigenvalue weighted by atomic mass is 10.0. The molecule has 1 aliphatic heterocycles. The van der Waals surface area contributed by atoms with Gasteiger partial charge in [-0.1, -0.05) is 18.2 Å². The highest BCUT2D eigenvalue weighted by Crippen LogP contribution is 2.35. The zero-order valence-electron chi connectivity index (χ0n) is 22.7. The van der Waals surface area contributed by atoms with Crippen LogP contribution in [-0.2, 0) is 4.57 Å². The quantitative estimate of drug-likeness (QED) is 0.314. The Balaban J connectivity index is 1.51. The largest absolute Gasteiger partial charge is 0.460 e. The van der Waals surface area contributed by atoms with Crippen LogP contribution in [0, 0.1) is 13.8 Å². The molecule has 0 unspecified atom stereocenters. The van der Waals surface area contributed by atoms with Crippen molar-refractivity contribution in [3.8, 4) is 6.01 Å². The molecule has 38 heavy (non-hydrogen) atoms. The maximum atomic E-state index is 12.4. The zero-order valence-corrected chi connectivity index (χ0v) is 23.6. The summed E-state index contributed by atoms with van der Waals surface area (Å²) in [7, 11) is -0.202. The van der Waals surface area contributed by atoms with E-state index in [1.165, 1.54) is 16.7 Å². The van der Waals surface area contributed by atoms with E-state index in [1.807, 2.05) is 35.0 Å². The number of hydrogen-bond acceptors (Lipinski definition) is 7. The Kier molecular flexibility index (Phi) is 7.37. The molecule has 0 spiro atoms. The summed E-state index contributed by atoms with van der Waals surface area (Å²) >= 11 is 0. The molecule has 0 radical (unpaired) electrons. The van der Waals surface area contributed by atoms with Crippen LogP contribution in [0.5, 0.6) is 6.01 Å². The molecule has 1 saturated heterocycles. The lowest BCUT2D eigenvalue weighted by molar-refractivity contribution is 0.106. The summed E-state index contributed by atoms with van der Waals surface area (Å²) in [6.45, 7) is 9.73. The third kappa shape index (κ3) is 5.82. The van der Waals surface area contributed by atoms with Crippen molar-refractivity contribution in [2.45, 2.75) is 32.8 Å². The van der Waals surface area contributed by atoms with Gasteiger partial charge in [0, 0.05) is 30.3 Å². The van der Waals surface area contributed by atoms with Crippen LogP contribution in [-0.4, -0.2) is 64.0 Å². The fraction of sp³-hybridized carbons (Fsp3) is 0.345. The summed E-state index contributed by atoms with van der Waals surface area (Å²) in [5, 5.41) is 4.22. The molecule has 9 heteroatoms. The molecule has 0 aliphatic carbocycles. The molecular weight excluding hydrogens is 495 g/mol. The van der Waals surface area contributed by atoms with Gasteiger partial charge in [0.1, 0.15) is 19.6 Å². The predicted octanol–water partition coefficient (Wildman–Crippen LogP) is 5.54. The summed E-state index contributed by atoms with van der Waals surface area (Å²) in [5.74, 6) is 0.570. The average molecular weight is 531 g/mol. The standard InChI is InChI=1S/C29H35N6O2P/c1-20-7-6-8-21(2)25(20)15-18-35-19-30-26-27(31-22-9-11-24(12-10-22)38(4,5)36)32-29(33-28(26)35)37-23-13-16-34(3)17-14-23/h6-12,15,18-19,23H,13-14,16-17H2,1-5H3,(H,31,32,33). The highest BCUT2D eigenvalue weighted by molar-refractivity contribution is 7.70. The molecule has 4 aromatic rings. The molecule has 1 aliphatic rings. The first-order valence-electron chi connectivity index (χ1n) is 12.9. The summed E-state index contributed by atoms with van der Waals surface area (Å²) in [4.78, 5) is 16.5. The first-order valence-corrected chi connectivity index (χ1v) is 15.5. The maximum Gasteiger partial charge on any atom is 0.320 e. The van der Waals surface area contributed by atoms with Gasteiger partial charge in [-0.15, -0.1) is 0 Å². The average Bonchev–Trinajstić information content (AvgIpc) is 3.28. The Morgan fingerprint density at radius 3 is 2.37 bits per heavy atom. The van der Waals surface area contributed by atoms with Gasteiger partial charge in [0.05, 0.1) is 0 Å². The van der Waals surface area contributed by atoms with Crippen molar-refractivity contribution in [1.82, 2.24) is 24.4 Å². The molecule has 2 aromatic carbocycles. The number of rotatable bonds is 7. The van der Waals surface area contributed by atoms with Crippen LogP contribution in [0.2, 0.25) is 0 Å². The minimum atomic E-state index is -2.33. The summed E-state index contributed by atoms with van der Waals surface area (Å²) in [6.07, 6.45) is 7.76. The van der Waals surface area contributed by atoms with Gasteiger partial charge in [0.15, 0.2) is 17.0 Å². The van der Waals surface area contributed by atoms with Crippen molar-refractivity contribution < 1.29 is 9.30 Å². The number of benzene rings is 2. The van der Waals surface area contributed by atoms with Gasteiger partial charge in [-0.2, -0.15) is 9.97 Å². The Hall–Kier alpha value is -3.48. The van der Waals surface area contributed by atoms with Crippen molar-refractivity contribution >= 4 is 47.4 Å². The molecule has 3 heterocycles. The molecular formula is C29H35N6O2P. The van der Waals surface area contributed by atoms with Crippen LogP contribution in [0.15, 0.2) is 48.8 Å². The van der Waals surface area contributed by atoms with E-state index in [2.05, 4.69) is 60.4 Å². The first-order chi connectivity index (χ1) is 18.2. The highest BCUT2D eigenvalue weighted by atomic mass is 31.2. The Morgan fingerprint density at radius 2 is 1.71 bits per heavy atom. The number of piperidine rings is 1. The van der Waals surface area contributed by atoms with Gasteiger partial charge in [-0.25, -0.2) is 4.98 Å². The number of anilines is 2. The molecule has 2 aromatic heterocycles. The zero-order chi connectivity index (χ0) is 26.9. The fourth-order valence-corrected chi connectivity index (χ4v) is 5.55. The van der Waals surface area contributed by atoms with E-state index < -0.39 is 7.14 Å². The summed E-state index contributed by atoms with van der Waals surface area (Å²) in [6, 6.07) is 14.2. The third-order valence-electron chi connectivity index (χ3n) is 7.03. The minimum Gasteiger partial charge on any atom is -0.460 e. The molecule has 198 valence electrons. The molecule has 0 atom stereocenters. The van der Waals surface area contributed by atoms with Crippen LogP contribution >= 0.6 is 7.14 Å². The molecule has 0 saturated carbocycles. The first kappa shape index (κ1) is 26.1. The van der Waals surface area contributed by atoms with Gasteiger partial charge in [0.2, 0.25) is 0 Å². The van der Waals surface area contributed by atoms with Gasteiger partial charge in [-0.3, -0.25) is 4.57 Å². The third-order valence-corrected chi connectivity index (χ3v) is 8.58. The van der Waals surface area contributed by atoms with Crippen LogP contribution in [0.4, 0.5) is 11.5 Å². The Morgan fingerprint density at radius 1 is 1.03 bits per heavy atom. The number of nitrogens with one attached hydrogen (secondary N) is 1. The van der Waals surface area contributed by atoms with Gasteiger partial charge >= 0.3 is 6.01 Å². The minimum absolute atomic E-state index is 0.0700. The second-order valence-corrected chi connectivity index (χ2v) is 13.7. The predicted molar refractivity (Wildman–Crippen MR) is 156 cm³/mol. The van der Waals surface area contributed by atoms with Gasteiger partial charge in [-0.05, 0) is 94.1 Å². The SMILES string of the molecule is Cc1cccc(C)c1C=Cn1cnc2c(Nc3ccc(P(C)(C)=O)cc3)nc(OC3CCN(C)CC3)nc21. The Bertz CT molecular complexity index is 1490. The lowest BCUT2D eigenvalue weighted by Crippen LogP contribution is -2.36. The van der Waals surface area contributed by atoms with E-state index in [9.17, 15) is 4.57 Å². The van der Waals surface area contributed by atoms with E-state index in [0.29, 0.717) is 23.0 Å². The van der Waals surface area contributed by atoms with E-state index in [4.69, 9.17) is 14.7 Å². The molecule has 8 nitrogen and oxygen atoms in total. The number of aryl methyl sites for hydroxylation is 2. The van der Waals surface area contributed by atoms with Crippen molar-refractivity contribution in [3.63, 3.8) is 0 Å². The normalized spacial score (nSPS) is 15.4. The smallest absolute Gasteiger partial charge is 0.320 e. The number of nitrogens with zero attached hydrogens (tertiary/aromatic N) is 5. The van der Waals surface area contributed by atoms with E-state index >= 15 is 0 Å². The number of likely N-dealkylation sites (tertiary alicyclic amines) is 1. The number of imidazole rings is 1. The van der Waals surface area contributed by atoms with Crippen molar-refractivity contribution in [1.29, 1.82) is 0 Å². The van der Waals surface area contributed by atoms with Gasteiger partial charge in [0.25, 0.3) is 0 Å². The lowest BCUT2D eigenvalue weighted by Gasteiger charge is -2.28. The number of fused-ring (bicyclic) bond motifs is 1. The molecule has 1 fully saturated rings. The van der Waals surface area contributed by atoms with E-state index in [-0.39, 0.29) is 6.10 Å². The monoisotopic (exact) mass is 530 g/mol. The highest BCUT2D eigenvalue weighted by Gasteiger charge is 2.21. The number of hydrogen-bond donors (Lipinski definition) is 1. The van der Waals surface area contributed by atoms with Crippen molar-refractivity contribution in [2.24, 2.45) is 0 Å². The van der Waals surface area contributed by atoms with E-state index in [1.54, 1.807) is 19.7 Å². The second-order valence-electron chi connectivity index (χ2n) is 10.4. The van der Waals surface area contributed by atoms with E-state index in [0.717, 1.165) is 36.9 Å². The van der Waals surface area contributed by atoms with Crippen molar-refractivity contribution in [3.05, 3.63) is 65.5 Å². The van der Waals surface area contributed by atoms with Gasteiger partial charge < -0.3 is 19.5 Å². The fourth-order valence-electron chi connectivity index (χ4n) is 4.68. The number of aromatic nitrogens is 4. The van der Waals surface area contributed by atoms with Crippen LogP contribution in [0.25, 0.3) is 23.4 Å². The second kappa shape index (κ2) is 10.7. The Labute approximate surface area is 224 Å². The summed E-state index contributed by atoms with van der Waals surface area (Å²) < 4.78 is 20.6. The molecule has 1 N–H and O–H groups in total. The number of ether oxygens (including phenoxy) is 1. The van der Waals surface area contributed by atoms with Crippen LogP contribution < -0.4 is 15.4 Å². The molecule has 0 amide bonds. The van der Waals surface area contributed by atoms with Crippen LogP contribution in [0.3, 0.4) is 0 Å². The topological polar surface area (TPSA) is 85.2 Å². The molecule has 5 rings (SSSR count).